The third-order valence-corrected chi connectivity index (χ3v) is 3.92. The minimum absolute atomic E-state index is 0.393. The summed E-state index contributed by atoms with van der Waals surface area (Å²) in [7, 11) is 1.57. The zero-order chi connectivity index (χ0) is 16.6. The van der Waals surface area contributed by atoms with Gasteiger partial charge in [-0.05, 0) is 37.3 Å². The third kappa shape index (κ3) is 2.61. The number of anilines is 2. The molecule has 2 amide bonds. The predicted molar refractivity (Wildman–Crippen MR) is 86.8 cm³/mol. The van der Waals surface area contributed by atoms with Crippen LogP contribution >= 0.6 is 11.6 Å². The van der Waals surface area contributed by atoms with Crippen molar-refractivity contribution in [1.82, 2.24) is 4.98 Å². The predicted octanol–water partition coefficient (Wildman–Crippen LogP) is 2.49. The van der Waals surface area contributed by atoms with E-state index in [1.165, 1.54) is 18.0 Å². The Morgan fingerprint density at radius 1 is 1.39 bits per heavy atom. The fourth-order valence-corrected chi connectivity index (χ4v) is 2.50. The van der Waals surface area contributed by atoms with Crippen LogP contribution in [0.4, 0.5) is 11.4 Å². The van der Waals surface area contributed by atoms with Gasteiger partial charge in [-0.3, -0.25) is 14.6 Å². The molecule has 1 unspecified atom stereocenters. The summed E-state index contributed by atoms with van der Waals surface area (Å²) in [4.78, 5) is 30.5. The number of likely N-dealkylation sites (N-methyl/N-ethyl adjacent to an activating group) is 1. The largest absolute Gasteiger partial charge is 0.465 e. The highest BCUT2D eigenvalue weighted by molar-refractivity contribution is 6.31. The maximum atomic E-state index is 12.8. The van der Waals surface area contributed by atoms with Crippen LogP contribution in [0.2, 0.25) is 5.02 Å². The van der Waals surface area contributed by atoms with Crippen molar-refractivity contribution < 1.29 is 14.3 Å². The van der Waals surface area contributed by atoms with Gasteiger partial charge in [0, 0.05) is 18.3 Å². The van der Waals surface area contributed by atoms with Crippen molar-refractivity contribution in [2.24, 2.45) is 0 Å². The van der Waals surface area contributed by atoms with Gasteiger partial charge in [-0.2, -0.15) is 0 Å². The van der Waals surface area contributed by atoms with E-state index in [1.54, 1.807) is 43.6 Å². The molecule has 118 valence electrons. The molecule has 1 aliphatic rings. The Kier molecular flexibility index (Phi) is 3.69. The number of hydrogen-bond donors (Lipinski definition) is 1. The molecule has 0 aliphatic carbocycles. The van der Waals surface area contributed by atoms with Crippen LogP contribution in [0.3, 0.4) is 0 Å². The van der Waals surface area contributed by atoms with Gasteiger partial charge >= 0.3 is 0 Å². The summed E-state index contributed by atoms with van der Waals surface area (Å²) in [6, 6.07) is 8.26. The lowest BCUT2D eigenvalue weighted by Gasteiger charge is -2.35. The van der Waals surface area contributed by atoms with Gasteiger partial charge in [0.2, 0.25) is 0 Å². The average Bonchev–Trinajstić information content (AvgIpc) is 2.56. The van der Waals surface area contributed by atoms with Gasteiger partial charge < -0.3 is 15.0 Å². The Labute approximate surface area is 138 Å². The van der Waals surface area contributed by atoms with Gasteiger partial charge in [0.1, 0.15) is 5.75 Å². The van der Waals surface area contributed by atoms with Crippen LogP contribution in [0.1, 0.15) is 6.92 Å². The number of benzene rings is 1. The molecule has 1 aromatic heterocycles. The molecule has 7 heteroatoms. The molecule has 2 aromatic rings. The quantitative estimate of drug-likeness (QED) is 0.858. The number of aromatic nitrogens is 1. The van der Waals surface area contributed by atoms with E-state index in [-0.39, 0.29) is 0 Å². The molecule has 0 radical (unpaired) electrons. The molecule has 0 spiro atoms. The number of rotatable bonds is 2. The van der Waals surface area contributed by atoms with E-state index >= 15 is 0 Å². The second kappa shape index (κ2) is 5.55. The second-order valence-electron chi connectivity index (χ2n) is 5.31. The molecule has 23 heavy (non-hydrogen) atoms. The summed E-state index contributed by atoms with van der Waals surface area (Å²) in [6.45, 7) is 1.44. The molecule has 0 saturated heterocycles. The summed E-state index contributed by atoms with van der Waals surface area (Å²) >= 11 is 5.90. The molecule has 1 aliphatic heterocycles. The molecule has 1 N–H and O–H groups in total. The van der Waals surface area contributed by atoms with E-state index in [4.69, 9.17) is 16.3 Å². The van der Waals surface area contributed by atoms with E-state index in [9.17, 15) is 9.59 Å². The Balaban J connectivity index is 1.93. The normalized spacial score (nSPS) is 19.3. The van der Waals surface area contributed by atoms with Crippen LogP contribution in [0.15, 0.2) is 42.7 Å². The van der Waals surface area contributed by atoms with Crippen molar-refractivity contribution in [3.63, 3.8) is 0 Å². The molecule has 0 bridgehead atoms. The van der Waals surface area contributed by atoms with Crippen LogP contribution in [0.25, 0.3) is 0 Å². The highest BCUT2D eigenvalue weighted by Crippen LogP contribution is 2.36. The van der Waals surface area contributed by atoms with Crippen LogP contribution in [0, 0.1) is 0 Å². The second-order valence-corrected chi connectivity index (χ2v) is 5.74. The molecule has 1 atom stereocenters. The summed E-state index contributed by atoms with van der Waals surface area (Å²) in [6.07, 6.45) is 3.14. The number of ether oxygens (including phenoxy) is 1. The molecule has 6 nitrogen and oxygen atoms in total. The molecule has 3 rings (SSSR count). The molecule has 1 aromatic carbocycles. The van der Waals surface area contributed by atoms with Gasteiger partial charge in [0.15, 0.2) is 0 Å². The van der Waals surface area contributed by atoms with Crippen LogP contribution in [-0.2, 0) is 9.59 Å². The number of nitrogens with zero attached hydrogens (tertiary/aromatic N) is 2. The van der Waals surface area contributed by atoms with Crippen molar-refractivity contribution in [1.29, 1.82) is 0 Å². The number of pyridine rings is 1. The van der Waals surface area contributed by atoms with Gasteiger partial charge in [-0.1, -0.05) is 11.6 Å². The minimum Gasteiger partial charge on any atom is -0.465 e. The van der Waals surface area contributed by atoms with Crippen molar-refractivity contribution in [2.75, 3.05) is 17.3 Å². The average molecular weight is 332 g/mol. The van der Waals surface area contributed by atoms with E-state index in [0.717, 1.165) is 0 Å². The van der Waals surface area contributed by atoms with Crippen molar-refractivity contribution >= 4 is 34.8 Å². The van der Waals surface area contributed by atoms with Crippen molar-refractivity contribution in [3.05, 3.63) is 47.7 Å². The van der Waals surface area contributed by atoms with E-state index in [2.05, 4.69) is 10.3 Å². The van der Waals surface area contributed by atoms with E-state index in [0.29, 0.717) is 22.1 Å². The van der Waals surface area contributed by atoms with Crippen molar-refractivity contribution in [3.8, 4) is 5.75 Å². The van der Waals surface area contributed by atoms with Gasteiger partial charge in [-0.25, -0.2) is 0 Å². The van der Waals surface area contributed by atoms with Gasteiger partial charge in [-0.15, -0.1) is 0 Å². The van der Waals surface area contributed by atoms with Gasteiger partial charge in [0.05, 0.1) is 17.6 Å². The summed E-state index contributed by atoms with van der Waals surface area (Å²) in [5.74, 6) is -0.652. The standard InChI is InChI=1S/C16H14ClN3O3/c1-16(15(22)20(2)11-4-3-7-18-9-11)14(21)19-12-8-10(17)5-6-13(12)23-16/h3-9H,1-2H3,(H,19,21). The zero-order valence-electron chi connectivity index (χ0n) is 12.5. The maximum Gasteiger partial charge on any atom is 0.280 e. The number of nitrogens with one attached hydrogen (secondary N) is 1. The number of halogens is 1. The van der Waals surface area contributed by atoms with Crippen LogP contribution in [-0.4, -0.2) is 29.4 Å². The SMILES string of the molecule is CN(C(=O)C1(C)Oc2ccc(Cl)cc2NC1=O)c1cccnc1. The Bertz CT molecular complexity index is 781. The number of carbonyl (C=O) groups excluding carboxylic acids is 2. The molecular weight excluding hydrogens is 318 g/mol. The van der Waals surface area contributed by atoms with Crippen LogP contribution in [0.5, 0.6) is 5.75 Å². The monoisotopic (exact) mass is 331 g/mol. The maximum absolute atomic E-state index is 12.8. The van der Waals surface area contributed by atoms with E-state index in [1.807, 2.05) is 0 Å². The first-order chi connectivity index (χ1) is 10.9. The molecule has 2 heterocycles. The summed E-state index contributed by atoms with van der Waals surface area (Å²) in [5.41, 5.74) is -0.667. The Hall–Kier alpha value is -2.60. The molecular formula is C16H14ClN3O3. The zero-order valence-corrected chi connectivity index (χ0v) is 13.3. The molecule has 0 fully saturated rings. The lowest BCUT2D eigenvalue weighted by atomic mass is 10.0. The lowest BCUT2D eigenvalue weighted by Crippen LogP contribution is -2.59. The Morgan fingerprint density at radius 2 is 2.17 bits per heavy atom. The fraction of sp³-hybridized carbons (Fsp3) is 0.188. The first-order valence-corrected chi connectivity index (χ1v) is 7.28. The number of fused-ring (bicyclic) bond motifs is 1. The van der Waals surface area contributed by atoms with Gasteiger partial charge in [0.25, 0.3) is 17.4 Å². The Morgan fingerprint density at radius 3 is 2.87 bits per heavy atom. The highest BCUT2D eigenvalue weighted by Gasteiger charge is 2.49. The number of carbonyl (C=O) groups is 2. The first-order valence-electron chi connectivity index (χ1n) is 6.90. The first kappa shape index (κ1) is 15.3. The van der Waals surface area contributed by atoms with Crippen molar-refractivity contribution in [2.45, 2.75) is 12.5 Å². The summed E-state index contributed by atoms with van der Waals surface area (Å²) in [5, 5.41) is 3.13. The highest BCUT2D eigenvalue weighted by atomic mass is 35.5. The smallest absolute Gasteiger partial charge is 0.280 e. The molecule has 0 saturated carbocycles. The van der Waals surface area contributed by atoms with Crippen LogP contribution < -0.4 is 15.0 Å². The minimum atomic E-state index is -1.68. The number of amides is 2. The van der Waals surface area contributed by atoms with E-state index < -0.39 is 17.4 Å². The number of hydrogen-bond acceptors (Lipinski definition) is 4. The third-order valence-electron chi connectivity index (χ3n) is 3.68. The lowest BCUT2D eigenvalue weighted by molar-refractivity contribution is -0.144. The summed E-state index contributed by atoms with van der Waals surface area (Å²) < 4.78 is 5.71. The topological polar surface area (TPSA) is 71.5 Å². The fourth-order valence-electron chi connectivity index (χ4n) is 2.33.